The highest BCUT2D eigenvalue weighted by molar-refractivity contribution is 7.89. The van der Waals surface area contributed by atoms with Crippen molar-refractivity contribution in [1.82, 2.24) is 14.9 Å². The highest BCUT2D eigenvalue weighted by atomic mass is 32.2. The first-order chi connectivity index (χ1) is 10.4. The van der Waals surface area contributed by atoms with Gasteiger partial charge in [0.1, 0.15) is 0 Å². The average Bonchev–Trinajstić information content (AvgIpc) is 2.98. The third-order valence-corrected chi connectivity index (χ3v) is 5.62. The van der Waals surface area contributed by atoms with E-state index in [0.717, 1.165) is 24.9 Å². The molecule has 122 valence electrons. The first-order valence-corrected chi connectivity index (χ1v) is 8.85. The Morgan fingerprint density at radius 3 is 2.55 bits per heavy atom. The minimum absolute atomic E-state index is 0.0180. The summed E-state index contributed by atoms with van der Waals surface area (Å²) >= 11 is 0. The van der Waals surface area contributed by atoms with Gasteiger partial charge in [0.15, 0.2) is 0 Å². The Morgan fingerprint density at radius 1 is 1.32 bits per heavy atom. The summed E-state index contributed by atoms with van der Waals surface area (Å²) in [5.74, 6) is 0.0180. The molecule has 1 heterocycles. The smallest absolute Gasteiger partial charge is 0.242 e. The molecule has 1 unspecified atom stereocenters. The van der Waals surface area contributed by atoms with Gasteiger partial charge < -0.3 is 10.6 Å². The molecule has 0 bridgehead atoms. The van der Waals surface area contributed by atoms with Gasteiger partial charge >= 0.3 is 0 Å². The van der Waals surface area contributed by atoms with Crippen LogP contribution >= 0.6 is 0 Å². The van der Waals surface area contributed by atoms with E-state index in [-0.39, 0.29) is 16.8 Å². The molecule has 2 N–H and O–H groups in total. The van der Waals surface area contributed by atoms with Gasteiger partial charge in [0.05, 0.1) is 4.90 Å². The fraction of sp³-hybridized carbons (Fsp3) is 0.533. The number of rotatable bonds is 6. The predicted molar refractivity (Wildman–Crippen MR) is 84.8 cm³/mol. The van der Waals surface area contributed by atoms with Crippen molar-refractivity contribution in [3.63, 3.8) is 0 Å². The molecule has 0 radical (unpaired) electrons. The Balaban J connectivity index is 1.87. The van der Waals surface area contributed by atoms with Crippen LogP contribution in [0, 0.1) is 0 Å². The third-order valence-electron chi connectivity index (χ3n) is 3.79. The summed E-state index contributed by atoms with van der Waals surface area (Å²) in [6.07, 6.45) is 2.66. The number of hydrogen-bond donors (Lipinski definition) is 2. The van der Waals surface area contributed by atoms with Crippen molar-refractivity contribution in [2.45, 2.75) is 36.7 Å². The van der Waals surface area contributed by atoms with E-state index in [0.29, 0.717) is 13.0 Å². The SMILES string of the molecule is CN(C)S(=O)(=O)c1ccc(CNC(=O)CC2CCCN2)cc1. The van der Waals surface area contributed by atoms with Crippen molar-refractivity contribution in [3.05, 3.63) is 29.8 Å². The molecule has 1 aromatic carbocycles. The second-order valence-electron chi connectivity index (χ2n) is 5.71. The van der Waals surface area contributed by atoms with E-state index in [9.17, 15) is 13.2 Å². The Bertz CT molecular complexity index is 605. The van der Waals surface area contributed by atoms with Crippen molar-refractivity contribution in [2.24, 2.45) is 0 Å². The number of benzene rings is 1. The van der Waals surface area contributed by atoms with Gasteiger partial charge in [-0.05, 0) is 37.1 Å². The lowest BCUT2D eigenvalue weighted by molar-refractivity contribution is -0.121. The maximum absolute atomic E-state index is 12.0. The number of nitrogens with zero attached hydrogens (tertiary/aromatic N) is 1. The molecular formula is C15H23N3O3S. The summed E-state index contributed by atoms with van der Waals surface area (Å²) in [5.41, 5.74) is 0.880. The minimum Gasteiger partial charge on any atom is -0.352 e. The van der Waals surface area contributed by atoms with Crippen molar-refractivity contribution >= 4 is 15.9 Å². The molecule has 2 rings (SSSR count). The summed E-state index contributed by atoms with van der Waals surface area (Å²) in [7, 11) is -0.402. The molecule has 0 aliphatic carbocycles. The van der Waals surface area contributed by atoms with Crippen molar-refractivity contribution in [2.75, 3.05) is 20.6 Å². The maximum atomic E-state index is 12.0. The summed E-state index contributed by atoms with van der Waals surface area (Å²) in [6.45, 7) is 1.40. The summed E-state index contributed by atoms with van der Waals surface area (Å²) in [4.78, 5) is 12.1. The first-order valence-electron chi connectivity index (χ1n) is 7.41. The van der Waals surface area contributed by atoms with E-state index in [1.54, 1.807) is 24.3 Å². The zero-order valence-electron chi connectivity index (χ0n) is 13.0. The molecule has 0 aromatic heterocycles. The number of carbonyl (C=O) groups excluding carboxylic acids is 1. The predicted octanol–water partition coefficient (Wildman–Crippen LogP) is 0.695. The largest absolute Gasteiger partial charge is 0.352 e. The molecule has 1 atom stereocenters. The van der Waals surface area contributed by atoms with E-state index in [4.69, 9.17) is 0 Å². The highest BCUT2D eigenvalue weighted by Crippen LogP contribution is 2.14. The molecule has 1 aromatic rings. The van der Waals surface area contributed by atoms with Gasteiger partial charge in [-0.3, -0.25) is 4.79 Å². The maximum Gasteiger partial charge on any atom is 0.242 e. The molecule has 7 heteroatoms. The van der Waals surface area contributed by atoms with Crippen LogP contribution in [0.25, 0.3) is 0 Å². The monoisotopic (exact) mass is 325 g/mol. The molecule has 0 spiro atoms. The Kier molecular flexibility index (Phi) is 5.55. The van der Waals surface area contributed by atoms with Crippen molar-refractivity contribution in [3.8, 4) is 0 Å². The van der Waals surface area contributed by atoms with Gasteiger partial charge in [0.2, 0.25) is 15.9 Å². The molecule has 1 saturated heterocycles. The molecule has 6 nitrogen and oxygen atoms in total. The second kappa shape index (κ2) is 7.21. The van der Waals surface area contributed by atoms with Gasteiger partial charge in [0, 0.05) is 33.1 Å². The van der Waals surface area contributed by atoms with Crippen LogP contribution in [0.2, 0.25) is 0 Å². The van der Waals surface area contributed by atoms with E-state index in [1.807, 2.05) is 0 Å². The second-order valence-corrected chi connectivity index (χ2v) is 7.86. The van der Waals surface area contributed by atoms with E-state index in [2.05, 4.69) is 10.6 Å². The molecular weight excluding hydrogens is 302 g/mol. The zero-order chi connectivity index (χ0) is 16.2. The van der Waals surface area contributed by atoms with Crippen LogP contribution in [0.5, 0.6) is 0 Å². The molecule has 1 aliphatic heterocycles. The molecule has 22 heavy (non-hydrogen) atoms. The Labute approximate surface area is 131 Å². The van der Waals surface area contributed by atoms with Gasteiger partial charge in [-0.2, -0.15) is 0 Å². The lowest BCUT2D eigenvalue weighted by Gasteiger charge is -2.12. The normalized spacial score (nSPS) is 18.6. The van der Waals surface area contributed by atoms with Gasteiger partial charge in [-0.15, -0.1) is 0 Å². The van der Waals surface area contributed by atoms with Crippen LogP contribution in [0.4, 0.5) is 0 Å². The molecule has 1 fully saturated rings. The van der Waals surface area contributed by atoms with Gasteiger partial charge in [0.25, 0.3) is 0 Å². The van der Waals surface area contributed by atoms with Gasteiger partial charge in [-0.1, -0.05) is 12.1 Å². The van der Waals surface area contributed by atoms with E-state index >= 15 is 0 Å². The van der Waals surface area contributed by atoms with Crippen LogP contribution in [0.1, 0.15) is 24.8 Å². The number of sulfonamides is 1. The standard InChI is InChI=1S/C15H23N3O3S/c1-18(2)22(20,21)14-7-5-12(6-8-14)11-17-15(19)10-13-4-3-9-16-13/h5-8,13,16H,3-4,9-11H2,1-2H3,(H,17,19). The van der Waals surface area contributed by atoms with E-state index in [1.165, 1.54) is 18.4 Å². The fourth-order valence-corrected chi connectivity index (χ4v) is 3.32. The number of hydrogen-bond acceptors (Lipinski definition) is 4. The Morgan fingerprint density at radius 2 is 2.00 bits per heavy atom. The van der Waals surface area contributed by atoms with Crippen molar-refractivity contribution in [1.29, 1.82) is 0 Å². The average molecular weight is 325 g/mol. The molecule has 1 aliphatic rings. The molecule has 1 amide bonds. The lowest BCUT2D eigenvalue weighted by atomic mass is 10.1. The first kappa shape index (κ1) is 16.9. The van der Waals surface area contributed by atoms with Crippen LogP contribution in [-0.4, -0.2) is 45.3 Å². The van der Waals surface area contributed by atoms with Crippen LogP contribution in [0.3, 0.4) is 0 Å². The number of nitrogens with one attached hydrogen (secondary N) is 2. The number of carbonyl (C=O) groups is 1. The fourth-order valence-electron chi connectivity index (χ4n) is 2.42. The zero-order valence-corrected chi connectivity index (χ0v) is 13.8. The number of amides is 1. The van der Waals surface area contributed by atoms with Crippen LogP contribution in [0.15, 0.2) is 29.2 Å². The van der Waals surface area contributed by atoms with Gasteiger partial charge in [-0.25, -0.2) is 12.7 Å². The minimum atomic E-state index is -3.40. The third kappa shape index (κ3) is 4.28. The highest BCUT2D eigenvalue weighted by Gasteiger charge is 2.18. The Hall–Kier alpha value is -1.44. The molecule has 0 saturated carbocycles. The lowest BCUT2D eigenvalue weighted by Crippen LogP contribution is -2.31. The quantitative estimate of drug-likeness (QED) is 0.807. The van der Waals surface area contributed by atoms with Crippen LogP contribution in [-0.2, 0) is 21.4 Å². The topological polar surface area (TPSA) is 78.5 Å². The van der Waals surface area contributed by atoms with Crippen molar-refractivity contribution < 1.29 is 13.2 Å². The summed E-state index contributed by atoms with van der Waals surface area (Å²) in [5, 5.41) is 6.16. The van der Waals surface area contributed by atoms with Crippen LogP contribution < -0.4 is 10.6 Å². The summed E-state index contributed by atoms with van der Waals surface area (Å²) < 4.78 is 25.1. The van der Waals surface area contributed by atoms with E-state index < -0.39 is 10.0 Å². The summed E-state index contributed by atoms with van der Waals surface area (Å²) in [6, 6.07) is 6.87.